The first-order valence-electron chi connectivity index (χ1n) is 7.68. The van der Waals surface area contributed by atoms with Crippen molar-refractivity contribution in [3.63, 3.8) is 0 Å². The third-order valence-electron chi connectivity index (χ3n) is 3.22. The van der Waals surface area contributed by atoms with Crippen LogP contribution in [0.1, 0.15) is 31.0 Å². The molecular formula is C16H21N5O3. The predicted octanol–water partition coefficient (Wildman–Crippen LogP) is 2.11. The van der Waals surface area contributed by atoms with Gasteiger partial charge in [-0.05, 0) is 25.5 Å². The maximum absolute atomic E-state index is 11.2. The van der Waals surface area contributed by atoms with Gasteiger partial charge in [-0.1, -0.05) is 19.4 Å². The van der Waals surface area contributed by atoms with Crippen LogP contribution < -0.4 is 20.6 Å². The van der Waals surface area contributed by atoms with Gasteiger partial charge in [-0.2, -0.15) is 15.2 Å². The van der Waals surface area contributed by atoms with Gasteiger partial charge >= 0.3 is 5.69 Å². The largest absolute Gasteiger partial charge is 0.493 e. The van der Waals surface area contributed by atoms with Crippen LogP contribution in [0.25, 0.3) is 0 Å². The van der Waals surface area contributed by atoms with Crippen LogP contribution in [0, 0.1) is 6.92 Å². The van der Waals surface area contributed by atoms with E-state index in [1.165, 1.54) is 0 Å². The summed E-state index contributed by atoms with van der Waals surface area (Å²) in [6.07, 6.45) is 3.58. The minimum absolute atomic E-state index is 0.298. The van der Waals surface area contributed by atoms with Crippen LogP contribution in [0.3, 0.4) is 0 Å². The monoisotopic (exact) mass is 331 g/mol. The summed E-state index contributed by atoms with van der Waals surface area (Å²) in [5, 5.41) is 10.2. The standard InChI is InChI=1S/C16H21N5O3/c1-4-5-9-24-14-12(7-6-8-13(14)23-3)10-17-20-15-11(2)19-21-16(22)18-15/h6-8,10H,4-5,9H2,1-3H3,(H2,18,20,21,22). The number of benzene rings is 1. The molecule has 0 spiro atoms. The van der Waals surface area contributed by atoms with Gasteiger partial charge in [0.1, 0.15) is 5.69 Å². The van der Waals surface area contributed by atoms with Crippen molar-refractivity contribution in [2.24, 2.45) is 5.10 Å². The smallest absolute Gasteiger partial charge is 0.363 e. The van der Waals surface area contributed by atoms with Gasteiger partial charge in [0.15, 0.2) is 17.3 Å². The Labute approximate surface area is 139 Å². The first-order chi connectivity index (χ1) is 11.7. The quantitative estimate of drug-likeness (QED) is 0.436. The van der Waals surface area contributed by atoms with E-state index in [1.54, 1.807) is 20.2 Å². The van der Waals surface area contributed by atoms with Crippen LogP contribution in [0.4, 0.5) is 5.82 Å². The number of methoxy groups -OCH3 is 1. The van der Waals surface area contributed by atoms with E-state index in [4.69, 9.17) is 9.47 Å². The topological polar surface area (TPSA) is 101 Å². The van der Waals surface area contributed by atoms with Crippen LogP contribution in [-0.4, -0.2) is 35.1 Å². The van der Waals surface area contributed by atoms with Gasteiger partial charge < -0.3 is 9.47 Å². The lowest BCUT2D eigenvalue weighted by molar-refractivity contribution is 0.288. The van der Waals surface area contributed by atoms with Crippen LogP contribution in [0.15, 0.2) is 28.1 Å². The number of para-hydroxylation sites is 1. The molecule has 128 valence electrons. The number of anilines is 1. The summed E-state index contributed by atoms with van der Waals surface area (Å²) >= 11 is 0. The highest BCUT2D eigenvalue weighted by Gasteiger charge is 2.09. The zero-order valence-electron chi connectivity index (χ0n) is 14.0. The Morgan fingerprint density at radius 3 is 3.00 bits per heavy atom. The Morgan fingerprint density at radius 1 is 1.42 bits per heavy atom. The van der Waals surface area contributed by atoms with Crippen LogP contribution in [0.5, 0.6) is 11.5 Å². The summed E-state index contributed by atoms with van der Waals surface area (Å²) < 4.78 is 11.2. The number of nitrogens with zero attached hydrogens (tertiary/aromatic N) is 3. The maximum Gasteiger partial charge on any atom is 0.363 e. The first-order valence-corrected chi connectivity index (χ1v) is 7.68. The van der Waals surface area contributed by atoms with Gasteiger partial charge in [0.2, 0.25) is 0 Å². The van der Waals surface area contributed by atoms with E-state index in [0.717, 1.165) is 18.4 Å². The highest BCUT2D eigenvalue weighted by Crippen LogP contribution is 2.30. The van der Waals surface area contributed by atoms with Crippen molar-refractivity contribution >= 4 is 12.0 Å². The first kappa shape index (κ1) is 17.5. The minimum Gasteiger partial charge on any atom is -0.493 e. The van der Waals surface area contributed by atoms with Crippen LogP contribution in [-0.2, 0) is 0 Å². The second-order valence-corrected chi connectivity index (χ2v) is 5.03. The highest BCUT2D eigenvalue weighted by atomic mass is 16.5. The summed E-state index contributed by atoms with van der Waals surface area (Å²) in [5.41, 5.74) is 3.47. The van der Waals surface area contributed by atoms with Crippen molar-refractivity contribution < 1.29 is 9.47 Å². The number of rotatable bonds is 8. The predicted molar refractivity (Wildman–Crippen MR) is 92.0 cm³/mol. The molecule has 1 aromatic carbocycles. The number of hydrogen-bond donors (Lipinski definition) is 2. The minimum atomic E-state index is -0.539. The van der Waals surface area contributed by atoms with Gasteiger partial charge in [-0.15, -0.1) is 0 Å². The van der Waals surface area contributed by atoms with Gasteiger partial charge in [-0.3, -0.25) is 5.43 Å². The SMILES string of the molecule is CCCCOc1c(C=NNc2nc(=O)[nH]nc2C)cccc1OC. The summed E-state index contributed by atoms with van der Waals surface area (Å²) in [6.45, 7) is 4.41. The van der Waals surface area contributed by atoms with E-state index < -0.39 is 5.69 Å². The zero-order chi connectivity index (χ0) is 17.4. The Morgan fingerprint density at radius 2 is 2.25 bits per heavy atom. The fourth-order valence-electron chi connectivity index (χ4n) is 1.93. The molecule has 2 rings (SSSR count). The van der Waals surface area contributed by atoms with E-state index in [-0.39, 0.29) is 0 Å². The van der Waals surface area contributed by atoms with Gasteiger partial charge in [0.25, 0.3) is 0 Å². The normalized spacial score (nSPS) is 10.8. The molecule has 0 bridgehead atoms. The van der Waals surface area contributed by atoms with Crippen molar-refractivity contribution in [3.8, 4) is 11.5 Å². The van der Waals surface area contributed by atoms with E-state index in [9.17, 15) is 4.79 Å². The number of nitrogens with one attached hydrogen (secondary N) is 2. The summed E-state index contributed by atoms with van der Waals surface area (Å²) in [4.78, 5) is 15.0. The number of unbranched alkanes of at least 4 members (excludes halogenated alkanes) is 1. The summed E-state index contributed by atoms with van der Waals surface area (Å²) in [7, 11) is 1.59. The molecule has 0 aliphatic rings. The Balaban J connectivity index is 2.18. The zero-order valence-corrected chi connectivity index (χ0v) is 14.0. The Hall–Kier alpha value is -2.90. The third kappa shape index (κ3) is 4.55. The van der Waals surface area contributed by atoms with E-state index >= 15 is 0 Å². The number of H-pyrrole nitrogens is 1. The van der Waals surface area contributed by atoms with Crippen molar-refractivity contribution in [3.05, 3.63) is 39.9 Å². The Kier molecular flexibility index (Phi) is 6.30. The highest BCUT2D eigenvalue weighted by molar-refractivity contribution is 5.85. The fourth-order valence-corrected chi connectivity index (χ4v) is 1.93. The molecule has 8 heteroatoms. The molecule has 24 heavy (non-hydrogen) atoms. The van der Waals surface area contributed by atoms with Crippen molar-refractivity contribution in [2.45, 2.75) is 26.7 Å². The molecule has 0 saturated heterocycles. The molecule has 0 atom stereocenters. The molecule has 0 fully saturated rings. The lowest BCUT2D eigenvalue weighted by atomic mass is 10.2. The number of hydrazone groups is 1. The number of ether oxygens (including phenoxy) is 2. The average Bonchev–Trinajstić information content (AvgIpc) is 2.59. The molecule has 0 saturated carbocycles. The number of aryl methyl sites for hydroxylation is 1. The van der Waals surface area contributed by atoms with Gasteiger partial charge in [0, 0.05) is 5.56 Å². The molecule has 0 aliphatic heterocycles. The number of aromatic amines is 1. The molecule has 1 heterocycles. The molecule has 1 aromatic heterocycles. The lowest BCUT2D eigenvalue weighted by Crippen LogP contribution is -2.15. The van der Waals surface area contributed by atoms with E-state index in [0.29, 0.717) is 29.6 Å². The molecule has 2 aromatic rings. The summed E-state index contributed by atoms with van der Waals surface area (Å²) in [5.74, 6) is 1.57. The van der Waals surface area contributed by atoms with Gasteiger partial charge in [0.05, 0.1) is 19.9 Å². The maximum atomic E-state index is 11.2. The molecular weight excluding hydrogens is 310 g/mol. The van der Waals surface area contributed by atoms with E-state index in [1.807, 2.05) is 18.2 Å². The molecule has 8 nitrogen and oxygen atoms in total. The molecule has 2 N–H and O–H groups in total. The lowest BCUT2D eigenvalue weighted by Gasteiger charge is -2.12. The molecule has 0 radical (unpaired) electrons. The molecule has 0 unspecified atom stereocenters. The average molecular weight is 331 g/mol. The third-order valence-corrected chi connectivity index (χ3v) is 3.22. The van der Waals surface area contributed by atoms with Crippen molar-refractivity contribution in [2.75, 3.05) is 19.1 Å². The fraction of sp³-hybridized carbons (Fsp3) is 0.375. The van der Waals surface area contributed by atoms with Crippen LogP contribution >= 0.6 is 0 Å². The van der Waals surface area contributed by atoms with Crippen molar-refractivity contribution in [1.29, 1.82) is 0 Å². The van der Waals surface area contributed by atoms with Crippen LogP contribution in [0.2, 0.25) is 0 Å². The Bertz CT molecular complexity index is 758. The second-order valence-electron chi connectivity index (χ2n) is 5.03. The molecule has 0 amide bonds. The second kappa shape index (κ2) is 8.66. The number of hydrogen-bond acceptors (Lipinski definition) is 7. The van der Waals surface area contributed by atoms with E-state index in [2.05, 4.69) is 32.6 Å². The van der Waals surface area contributed by atoms with Crippen molar-refractivity contribution in [1.82, 2.24) is 15.2 Å². The summed E-state index contributed by atoms with van der Waals surface area (Å²) in [6, 6.07) is 5.55. The molecule has 0 aliphatic carbocycles. The van der Waals surface area contributed by atoms with Gasteiger partial charge in [-0.25, -0.2) is 9.89 Å². The number of aromatic nitrogens is 3.